The molecule has 1 spiro atoms. The molecule has 1 aromatic carbocycles. The van der Waals surface area contributed by atoms with Crippen LogP contribution in [0.3, 0.4) is 0 Å². The van der Waals surface area contributed by atoms with Crippen LogP contribution in [-0.2, 0) is 10.2 Å². The van der Waals surface area contributed by atoms with E-state index in [4.69, 9.17) is 4.74 Å². The minimum absolute atomic E-state index is 0.0414. The zero-order valence-electron chi connectivity index (χ0n) is 19.2. The first-order valence-electron chi connectivity index (χ1n) is 11.7. The highest BCUT2D eigenvalue weighted by molar-refractivity contribution is 5.91. The summed E-state index contributed by atoms with van der Waals surface area (Å²) >= 11 is 0. The molecule has 1 amide bonds. The van der Waals surface area contributed by atoms with Gasteiger partial charge in [0, 0.05) is 31.1 Å². The first kappa shape index (κ1) is 20.6. The van der Waals surface area contributed by atoms with Crippen molar-refractivity contribution in [1.82, 2.24) is 25.2 Å². The van der Waals surface area contributed by atoms with Crippen LogP contribution in [0.4, 0.5) is 5.69 Å². The molecule has 3 saturated heterocycles. The van der Waals surface area contributed by atoms with Crippen LogP contribution in [-0.4, -0.2) is 64.9 Å². The SMILES string of the molecule is Cc1cc(N2CC[C@](C)(c3ccccc3)C2)cn2nc(C(=O)NC3CNC4(COC4)C3)nc12. The summed E-state index contributed by atoms with van der Waals surface area (Å²) in [5.41, 5.74) is 4.39. The Bertz CT molecular complexity index is 1200. The molecule has 3 fully saturated rings. The van der Waals surface area contributed by atoms with Crippen molar-refractivity contribution in [2.45, 2.75) is 43.7 Å². The van der Waals surface area contributed by atoms with Crippen LogP contribution < -0.4 is 15.5 Å². The van der Waals surface area contributed by atoms with Gasteiger partial charge >= 0.3 is 0 Å². The third-order valence-corrected chi connectivity index (χ3v) is 7.57. The molecule has 2 aromatic heterocycles. The molecule has 2 atom stereocenters. The van der Waals surface area contributed by atoms with E-state index in [1.165, 1.54) is 5.56 Å². The summed E-state index contributed by atoms with van der Waals surface area (Å²) in [6.07, 6.45) is 3.98. The van der Waals surface area contributed by atoms with E-state index in [2.05, 4.69) is 68.9 Å². The number of carbonyl (C=O) groups excluding carboxylic acids is 1. The van der Waals surface area contributed by atoms with Crippen LogP contribution in [0.1, 0.15) is 41.5 Å². The van der Waals surface area contributed by atoms with E-state index in [0.29, 0.717) is 13.2 Å². The second kappa shape index (κ2) is 7.53. The number of amides is 1. The maximum atomic E-state index is 12.9. The topological polar surface area (TPSA) is 83.8 Å². The molecule has 8 nitrogen and oxygen atoms in total. The quantitative estimate of drug-likeness (QED) is 0.638. The molecule has 0 radical (unpaired) electrons. The lowest BCUT2D eigenvalue weighted by atomic mass is 9.82. The Labute approximate surface area is 193 Å². The van der Waals surface area contributed by atoms with Crippen molar-refractivity contribution in [2.75, 3.05) is 37.7 Å². The largest absolute Gasteiger partial charge is 0.377 e. The van der Waals surface area contributed by atoms with Crippen LogP contribution in [0.5, 0.6) is 0 Å². The molecule has 3 aromatic rings. The van der Waals surface area contributed by atoms with E-state index in [1.54, 1.807) is 4.52 Å². The average molecular weight is 447 g/mol. The van der Waals surface area contributed by atoms with Crippen molar-refractivity contribution in [2.24, 2.45) is 0 Å². The summed E-state index contributed by atoms with van der Waals surface area (Å²) in [6.45, 7) is 8.48. The Hall–Kier alpha value is -2.97. The maximum absolute atomic E-state index is 12.9. The first-order chi connectivity index (χ1) is 15.9. The zero-order chi connectivity index (χ0) is 22.6. The molecule has 8 heteroatoms. The van der Waals surface area contributed by atoms with Gasteiger partial charge in [-0.05, 0) is 37.0 Å². The van der Waals surface area contributed by atoms with E-state index in [1.807, 2.05) is 13.1 Å². The van der Waals surface area contributed by atoms with Crippen molar-refractivity contribution in [3.05, 3.63) is 59.5 Å². The van der Waals surface area contributed by atoms with Crippen LogP contribution in [0.15, 0.2) is 42.6 Å². The number of pyridine rings is 1. The zero-order valence-corrected chi connectivity index (χ0v) is 19.2. The monoisotopic (exact) mass is 446 g/mol. The molecule has 33 heavy (non-hydrogen) atoms. The second-order valence-electron chi connectivity index (χ2n) is 10.2. The molecule has 172 valence electrons. The molecule has 3 aliphatic rings. The van der Waals surface area contributed by atoms with E-state index in [9.17, 15) is 4.79 Å². The van der Waals surface area contributed by atoms with Gasteiger partial charge in [0.05, 0.1) is 30.6 Å². The number of ether oxygens (including phenoxy) is 1. The Kier molecular flexibility index (Phi) is 4.71. The van der Waals surface area contributed by atoms with Crippen molar-refractivity contribution in [3.63, 3.8) is 0 Å². The smallest absolute Gasteiger partial charge is 0.291 e. The van der Waals surface area contributed by atoms with Gasteiger partial charge in [0.15, 0.2) is 5.65 Å². The third-order valence-electron chi connectivity index (χ3n) is 7.57. The highest BCUT2D eigenvalue weighted by atomic mass is 16.5. The highest BCUT2D eigenvalue weighted by Crippen LogP contribution is 2.36. The van der Waals surface area contributed by atoms with Crippen LogP contribution in [0.25, 0.3) is 5.65 Å². The van der Waals surface area contributed by atoms with Gasteiger partial charge in [0.1, 0.15) is 0 Å². The van der Waals surface area contributed by atoms with Crippen LogP contribution >= 0.6 is 0 Å². The Morgan fingerprint density at radius 3 is 2.82 bits per heavy atom. The Balaban J connectivity index is 1.20. The average Bonchev–Trinajstić information content (AvgIpc) is 3.51. The Morgan fingerprint density at radius 1 is 1.27 bits per heavy atom. The fourth-order valence-corrected chi connectivity index (χ4v) is 5.53. The minimum atomic E-state index is -0.221. The molecular weight excluding hydrogens is 416 g/mol. The van der Waals surface area contributed by atoms with Gasteiger partial charge in [-0.15, -0.1) is 5.10 Å². The fourth-order valence-electron chi connectivity index (χ4n) is 5.53. The summed E-state index contributed by atoms with van der Waals surface area (Å²) in [4.78, 5) is 19.8. The molecule has 5 heterocycles. The van der Waals surface area contributed by atoms with Crippen molar-refractivity contribution in [1.29, 1.82) is 0 Å². The van der Waals surface area contributed by atoms with Gasteiger partial charge in [-0.1, -0.05) is 37.3 Å². The number of hydrogen-bond acceptors (Lipinski definition) is 6. The number of nitrogens with one attached hydrogen (secondary N) is 2. The lowest BCUT2D eigenvalue weighted by Gasteiger charge is -2.38. The van der Waals surface area contributed by atoms with E-state index >= 15 is 0 Å². The number of hydrogen-bond donors (Lipinski definition) is 2. The molecule has 6 rings (SSSR count). The van der Waals surface area contributed by atoms with Crippen molar-refractivity contribution >= 4 is 17.2 Å². The third kappa shape index (κ3) is 3.57. The van der Waals surface area contributed by atoms with Crippen molar-refractivity contribution < 1.29 is 9.53 Å². The maximum Gasteiger partial charge on any atom is 0.291 e. The first-order valence-corrected chi connectivity index (χ1v) is 11.7. The predicted octanol–water partition coefficient (Wildman–Crippen LogP) is 2.07. The van der Waals surface area contributed by atoms with Gasteiger partial charge in [-0.3, -0.25) is 4.79 Å². The summed E-state index contributed by atoms with van der Waals surface area (Å²) in [5.74, 6) is -0.00169. The number of rotatable bonds is 4. The van der Waals surface area contributed by atoms with E-state index in [0.717, 1.165) is 49.4 Å². The van der Waals surface area contributed by atoms with E-state index < -0.39 is 0 Å². The van der Waals surface area contributed by atoms with Crippen LogP contribution in [0, 0.1) is 6.92 Å². The number of carbonyl (C=O) groups is 1. The van der Waals surface area contributed by atoms with Gasteiger partial charge in [0.25, 0.3) is 5.91 Å². The van der Waals surface area contributed by atoms with Gasteiger partial charge in [-0.2, -0.15) is 0 Å². The number of benzene rings is 1. The lowest BCUT2D eigenvalue weighted by molar-refractivity contribution is -0.0650. The second-order valence-corrected chi connectivity index (χ2v) is 10.2. The number of aromatic nitrogens is 3. The number of aryl methyl sites for hydroxylation is 1. The Morgan fingerprint density at radius 2 is 2.09 bits per heavy atom. The molecule has 0 aliphatic carbocycles. The lowest BCUT2D eigenvalue weighted by Crippen LogP contribution is -2.56. The standard InChI is InChI=1S/C25H30N6O2/c1-17-10-20(30-9-8-24(2,14-30)18-6-4-3-5-7-18)13-31-22(17)28-21(29-31)23(32)27-19-11-25(26-12-19)15-33-16-25/h3-7,10,13,19,26H,8-9,11-12,14-16H2,1-2H3,(H,27,32)/t19?,24-/m0/s1. The predicted molar refractivity (Wildman–Crippen MR) is 126 cm³/mol. The summed E-state index contributed by atoms with van der Waals surface area (Å²) in [5, 5.41) is 11.1. The molecule has 3 aliphatic heterocycles. The summed E-state index contributed by atoms with van der Waals surface area (Å²) < 4.78 is 7.09. The normalized spacial score (nSPS) is 26.1. The minimum Gasteiger partial charge on any atom is -0.377 e. The summed E-state index contributed by atoms with van der Waals surface area (Å²) in [7, 11) is 0. The fraction of sp³-hybridized carbons (Fsp3) is 0.480. The van der Waals surface area contributed by atoms with Gasteiger partial charge < -0.3 is 20.3 Å². The highest BCUT2D eigenvalue weighted by Gasteiger charge is 2.45. The molecule has 1 unspecified atom stereocenters. The van der Waals surface area contributed by atoms with Gasteiger partial charge in [0.2, 0.25) is 5.82 Å². The van der Waals surface area contributed by atoms with Gasteiger partial charge in [-0.25, -0.2) is 9.50 Å². The molecule has 0 bridgehead atoms. The van der Waals surface area contributed by atoms with Crippen LogP contribution in [0.2, 0.25) is 0 Å². The van der Waals surface area contributed by atoms with Crippen molar-refractivity contribution in [3.8, 4) is 0 Å². The molecular formula is C25H30N6O2. The number of fused-ring (bicyclic) bond motifs is 1. The number of anilines is 1. The molecule has 2 N–H and O–H groups in total. The van der Waals surface area contributed by atoms with E-state index in [-0.39, 0.29) is 28.7 Å². The summed E-state index contributed by atoms with van der Waals surface area (Å²) in [6, 6.07) is 13.0. The number of nitrogens with zero attached hydrogens (tertiary/aromatic N) is 4. The molecule has 0 saturated carbocycles.